The molecule has 3 N–H and O–H groups in total. The first-order chi connectivity index (χ1) is 8.13. The molecule has 0 rings (SSSR count). The number of amides is 1. The molecule has 1 atom stereocenters. The first kappa shape index (κ1) is 15.9. The van der Waals surface area contributed by atoms with Crippen LogP contribution in [0.15, 0.2) is 24.3 Å². The molecule has 0 aliphatic carbocycles. The molecule has 17 heavy (non-hydrogen) atoms. The van der Waals surface area contributed by atoms with E-state index in [0.717, 1.165) is 19.3 Å². The summed E-state index contributed by atoms with van der Waals surface area (Å²) < 4.78 is 0. The number of hydrogen-bond acceptors (Lipinski definition) is 2. The number of unbranched alkanes of at least 4 members (excludes halogenated alkanes) is 5. The Labute approximate surface area is 104 Å². The van der Waals surface area contributed by atoms with E-state index in [1.54, 1.807) is 6.08 Å². The van der Waals surface area contributed by atoms with Gasteiger partial charge in [0.1, 0.15) is 0 Å². The standard InChI is InChI=1S/C14H25NO2/c1-13(16)11-9-7-5-3-2-4-6-8-10-12-14(15)17/h6,8,10,12-13,16H,2-5,7,9,11H2,1H3,(H2,15,17)/b8-6+,12-10+. The zero-order valence-electron chi connectivity index (χ0n) is 10.8. The highest BCUT2D eigenvalue weighted by Crippen LogP contribution is 2.08. The Bertz CT molecular complexity index is 245. The zero-order chi connectivity index (χ0) is 12.9. The second-order valence-electron chi connectivity index (χ2n) is 4.38. The van der Waals surface area contributed by atoms with Crippen molar-refractivity contribution in [2.75, 3.05) is 0 Å². The van der Waals surface area contributed by atoms with Gasteiger partial charge in [-0.2, -0.15) is 0 Å². The molecular weight excluding hydrogens is 214 g/mol. The van der Waals surface area contributed by atoms with E-state index in [-0.39, 0.29) is 6.10 Å². The van der Waals surface area contributed by atoms with Gasteiger partial charge >= 0.3 is 0 Å². The summed E-state index contributed by atoms with van der Waals surface area (Å²) in [6.07, 6.45) is 14.7. The monoisotopic (exact) mass is 239 g/mol. The number of carbonyl (C=O) groups is 1. The van der Waals surface area contributed by atoms with Gasteiger partial charge in [-0.15, -0.1) is 0 Å². The second-order valence-corrected chi connectivity index (χ2v) is 4.38. The number of aliphatic hydroxyl groups excluding tert-OH is 1. The highest BCUT2D eigenvalue weighted by molar-refractivity contribution is 5.85. The van der Waals surface area contributed by atoms with Crippen LogP contribution in [-0.4, -0.2) is 17.1 Å². The van der Waals surface area contributed by atoms with Crippen LogP contribution < -0.4 is 5.73 Å². The predicted octanol–water partition coefficient (Wildman–Crippen LogP) is 2.70. The van der Waals surface area contributed by atoms with Crippen LogP contribution in [0.25, 0.3) is 0 Å². The largest absolute Gasteiger partial charge is 0.393 e. The molecule has 0 aromatic rings. The Balaban J connectivity index is 3.21. The van der Waals surface area contributed by atoms with E-state index in [9.17, 15) is 4.79 Å². The van der Waals surface area contributed by atoms with Crippen molar-refractivity contribution in [2.45, 2.75) is 58.0 Å². The molecule has 0 aromatic carbocycles. The van der Waals surface area contributed by atoms with Crippen molar-refractivity contribution < 1.29 is 9.90 Å². The van der Waals surface area contributed by atoms with E-state index >= 15 is 0 Å². The van der Waals surface area contributed by atoms with Gasteiger partial charge in [-0.25, -0.2) is 0 Å². The number of allylic oxidation sites excluding steroid dienone is 3. The minimum atomic E-state index is -0.409. The Hall–Kier alpha value is -1.09. The molecule has 0 heterocycles. The average Bonchev–Trinajstić information content (AvgIpc) is 2.25. The van der Waals surface area contributed by atoms with Crippen LogP contribution in [0, 0.1) is 0 Å². The van der Waals surface area contributed by atoms with Gasteiger partial charge in [-0.3, -0.25) is 4.79 Å². The summed E-state index contributed by atoms with van der Waals surface area (Å²) in [6.45, 7) is 1.84. The summed E-state index contributed by atoms with van der Waals surface area (Å²) >= 11 is 0. The van der Waals surface area contributed by atoms with E-state index in [1.807, 2.05) is 13.0 Å². The highest BCUT2D eigenvalue weighted by atomic mass is 16.3. The number of nitrogens with two attached hydrogens (primary N) is 1. The summed E-state index contributed by atoms with van der Waals surface area (Å²) in [5.74, 6) is -0.409. The van der Waals surface area contributed by atoms with Crippen molar-refractivity contribution in [1.29, 1.82) is 0 Å². The van der Waals surface area contributed by atoms with Crippen molar-refractivity contribution in [3.8, 4) is 0 Å². The summed E-state index contributed by atoms with van der Waals surface area (Å²) in [6, 6.07) is 0. The average molecular weight is 239 g/mol. The van der Waals surface area contributed by atoms with Gasteiger partial charge in [0, 0.05) is 6.08 Å². The van der Waals surface area contributed by atoms with Gasteiger partial charge in [0.2, 0.25) is 5.91 Å². The SMILES string of the molecule is CC(O)CCCCCCC/C=C/C=C/C(N)=O. The maximum Gasteiger partial charge on any atom is 0.241 e. The van der Waals surface area contributed by atoms with Crippen LogP contribution in [0.4, 0.5) is 0 Å². The molecule has 0 saturated carbocycles. The third-order valence-corrected chi connectivity index (χ3v) is 2.50. The fourth-order valence-electron chi connectivity index (χ4n) is 1.56. The number of hydrogen-bond donors (Lipinski definition) is 2. The lowest BCUT2D eigenvalue weighted by atomic mass is 10.1. The third kappa shape index (κ3) is 14.9. The normalized spacial score (nSPS) is 13.5. The molecule has 3 nitrogen and oxygen atoms in total. The van der Waals surface area contributed by atoms with Crippen molar-refractivity contribution in [1.82, 2.24) is 0 Å². The van der Waals surface area contributed by atoms with Gasteiger partial charge in [0.05, 0.1) is 6.10 Å². The molecule has 0 saturated heterocycles. The molecule has 0 aromatic heterocycles. The summed E-state index contributed by atoms with van der Waals surface area (Å²) in [7, 11) is 0. The van der Waals surface area contributed by atoms with Crippen LogP contribution in [0.5, 0.6) is 0 Å². The first-order valence-electron chi connectivity index (χ1n) is 6.43. The number of aliphatic hydroxyl groups is 1. The van der Waals surface area contributed by atoms with Crippen LogP contribution in [0.1, 0.15) is 51.9 Å². The molecule has 0 aliphatic rings. The molecule has 0 bridgehead atoms. The Morgan fingerprint density at radius 3 is 2.47 bits per heavy atom. The van der Waals surface area contributed by atoms with Gasteiger partial charge < -0.3 is 10.8 Å². The Morgan fingerprint density at radius 2 is 1.82 bits per heavy atom. The van der Waals surface area contributed by atoms with Crippen LogP contribution in [0.3, 0.4) is 0 Å². The number of rotatable bonds is 10. The van der Waals surface area contributed by atoms with Crippen LogP contribution in [-0.2, 0) is 4.79 Å². The van der Waals surface area contributed by atoms with E-state index in [0.29, 0.717) is 0 Å². The molecule has 0 aliphatic heterocycles. The van der Waals surface area contributed by atoms with Crippen molar-refractivity contribution in [3.63, 3.8) is 0 Å². The molecule has 98 valence electrons. The second kappa shape index (κ2) is 11.4. The van der Waals surface area contributed by atoms with E-state index < -0.39 is 5.91 Å². The maximum absolute atomic E-state index is 10.4. The van der Waals surface area contributed by atoms with Gasteiger partial charge in [0.25, 0.3) is 0 Å². The quantitative estimate of drug-likeness (QED) is 0.350. The molecule has 1 amide bonds. The molecular formula is C14H25NO2. The number of primary amides is 1. The predicted molar refractivity (Wildman–Crippen MR) is 71.5 cm³/mol. The van der Waals surface area contributed by atoms with Crippen LogP contribution in [0.2, 0.25) is 0 Å². The summed E-state index contributed by atoms with van der Waals surface area (Å²) in [5, 5.41) is 9.07. The number of carbonyl (C=O) groups excluding carboxylic acids is 1. The third-order valence-electron chi connectivity index (χ3n) is 2.50. The van der Waals surface area contributed by atoms with Crippen LogP contribution >= 0.6 is 0 Å². The van der Waals surface area contributed by atoms with Crippen molar-refractivity contribution >= 4 is 5.91 Å². The van der Waals surface area contributed by atoms with E-state index in [1.165, 1.54) is 31.8 Å². The lowest BCUT2D eigenvalue weighted by Gasteiger charge is -2.02. The fraction of sp³-hybridized carbons (Fsp3) is 0.643. The lowest BCUT2D eigenvalue weighted by molar-refractivity contribution is -0.113. The summed E-state index contributed by atoms with van der Waals surface area (Å²) in [4.78, 5) is 10.4. The molecule has 0 radical (unpaired) electrons. The van der Waals surface area contributed by atoms with Crippen molar-refractivity contribution in [2.24, 2.45) is 5.73 Å². The Kier molecular flexibility index (Phi) is 10.7. The molecule has 0 fully saturated rings. The van der Waals surface area contributed by atoms with Gasteiger partial charge in [-0.1, -0.05) is 43.9 Å². The zero-order valence-corrected chi connectivity index (χ0v) is 10.8. The van der Waals surface area contributed by atoms with Gasteiger partial charge in [-0.05, 0) is 26.2 Å². The van der Waals surface area contributed by atoms with Crippen molar-refractivity contribution in [3.05, 3.63) is 24.3 Å². The summed E-state index contributed by atoms with van der Waals surface area (Å²) in [5.41, 5.74) is 4.95. The van der Waals surface area contributed by atoms with E-state index in [2.05, 4.69) is 6.08 Å². The topological polar surface area (TPSA) is 63.3 Å². The first-order valence-corrected chi connectivity index (χ1v) is 6.43. The molecule has 0 spiro atoms. The Morgan fingerprint density at radius 1 is 1.18 bits per heavy atom. The van der Waals surface area contributed by atoms with Gasteiger partial charge in [0.15, 0.2) is 0 Å². The maximum atomic E-state index is 10.4. The lowest BCUT2D eigenvalue weighted by Crippen LogP contribution is -2.04. The molecule has 3 heteroatoms. The minimum Gasteiger partial charge on any atom is -0.393 e. The minimum absolute atomic E-state index is 0.157. The molecule has 1 unspecified atom stereocenters. The highest BCUT2D eigenvalue weighted by Gasteiger charge is 1.94. The fourth-order valence-corrected chi connectivity index (χ4v) is 1.56. The van der Waals surface area contributed by atoms with E-state index in [4.69, 9.17) is 10.8 Å². The smallest absolute Gasteiger partial charge is 0.241 e.